The van der Waals surface area contributed by atoms with Crippen molar-refractivity contribution in [3.8, 4) is 5.88 Å². The third kappa shape index (κ3) is 1.78. The van der Waals surface area contributed by atoms with Gasteiger partial charge in [0.15, 0.2) is 0 Å². The Bertz CT molecular complexity index is 343. The molecule has 0 radical (unpaired) electrons. The molecule has 0 amide bonds. The van der Waals surface area contributed by atoms with Gasteiger partial charge in [-0.3, -0.25) is 0 Å². The monoisotopic (exact) mass is 219 g/mol. The largest absolute Gasteiger partial charge is 0.473 e. The van der Waals surface area contributed by atoms with Gasteiger partial charge in [-0.2, -0.15) is 5.10 Å². The Labute approximate surface area is 95.6 Å². The maximum Gasteiger partial charge on any atom is 0.233 e. The zero-order chi connectivity index (χ0) is 11.0. The van der Waals surface area contributed by atoms with E-state index < -0.39 is 0 Å². The molecule has 86 valence electrons. The summed E-state index contributed by atoms with van der Waals surface area (Å²) in [6.07, 6.45) is 6.90. The van der Waals surface area contributed by atoms with E-state index in [1.54, 1.807) is 6.20 Å². The second-order valence-corrected chi connectivity index (χ2v) is 4.82. The average molecular weight is 219 g/mol. The first kappa shape index (κ1) is 10.0. The molecule has 0 aliphatic carbocycles. The third-order valence-electron chi connectivity index (χ3n) is 3.89. The second-order valence-electron chi connectivity index (χ2n) is 4.82. The molecule has 3 atom stereocenters. The van der Waals surface area contributed by atoms with Crippen molar-refractivity contribution in [3.05, 3.63) is 18.3 Å². The minimum absolute atomic E-state index is 0.324. The molecule has 3 heterocycles. The topological polar surface area (TPSA) is 38.2 Å². The smallest absolute Gasteiger partial charge is 0.233 e. The van der Waals surface area contributed by atoms with Gasteiger partial charge in [0.25, 0.3) is 0 Å². The number of hydrogen-bond donors (Lipinski definition) is 0. The van der Waals surface area contributed by atoms with Crippen molar-refractivity contribution in [3.63, 3.8) is 0 Å². The van der Waals surface area contributed by atoms with Crippen LogP contribution in [-0.4, -0.2) is 40.3 Å². The molecule has 2 saturated heterocycles. The third-order valence-corrected chi connectivity index (χ3v) is 3.89. The lowest BCUT2D eigenvalue weighted by Crippen LogP contribution is -2.43. The van der Waals surface area contributed by atoms with Gasteiger partial charge in [0.1, 0.15) is 6.10 Å². The Morgan fingerprint density at radius 1 is 1.31 bits per heavy atom. The van der Waals surface area contributed by atoms with Crippen LogP contribution in [0.3, 0.4) is 0 Å². The number of fused-ring (bicyclic) bond motifs is 2. The normalized spacial score (nSPS) is 33.9. The molecule has 3 rings (SSSR count). The summed E-state index contributed by atoms with van der Waals surface area (Å²) < 4.78 is 5.88. The van der Waals surface area contributed by atoms with E-state index in [9.17, 15) is 0 Å². The van der Waals surface area contributed by atoms with Gasteiger partial charge in [-0.1, -0.05) is 0 Å². The van der Waals surface area contributed by atoms with Gasteiger partial charge < -0.3 is 9.64 Å². The maximum absolute atomic E-state index is 5.88. The van der Waals surface area contributed by atoms with Crippen molar-refractivity contribution in [1.29, 1.82) is 0 Å². The predicted octanol–water partition coefficient (Wildman–Crippen LogP) is 1.48. The summed E-state index contributed by atoms with van der Waals surface area (Å²) in [6, 6.07) is 5.17. The number of hydrogen-bond acceptors (Lipinski definition) is 4. The van der Waals surface area contributed by atoms with Crippen LogP contribution in [0.1, 0.15) is 25.7 Å². The van der Waals surface area contributed by atoms with E-state index in [4.69, 9.17) is 4.74 Å². The number of piperidine rings is 1. The van der Waals surface area contributed by atoms with Crippen LogP contribution < -0.4 is 4.74 Å². The highest BCUT2D eigenvalue weighted by atomic mass is 16.5. The van der Waals surface area contributed by atoms with Crippen molar-refractivity contribution in [2.45, 2.75) is 43.9 Å². The number of ether oxygens (including phenoxy) is 1. The SMILES string of the molecule is CN1[C@@H]2CC[C@H]1C[C@@H](Oc1cccnn1)C2. The van der Waals surface area contributed by atoms with E-state index in [2.05, 4.69) is 22.1 Å². The molecule has 16 heavy (non-hydrogen) atoms. The van der Waals surface area contributed by atoms with Crippen molar-refractivity contribution in [1.82, 2.24) is 15.1 Å². The number of nitrogens with zero attached hydrogens (tertiary/aromatic N) is 3. The number of rotatable bonds is 2. The Balaban J connectivity index is 1.66. The highest BCUT2D eigenvalue weighted by Crippen LogP contribution is 2.35. The van der Waals surface area contributed by atoms with Gasteiger partial charge in [-0.05, 0) is 38.8 Å². The molecular weight excluding hydrogens is 202 g/mol. The Morgan fingerprint density at radius 2 is 2.06 bits per heavy atom. The number of aromatic nitrogens is 2. The molecule has 0 unspecified atom stereocenters. The maximum atomic E-state index is 5.88. The fourth-order valence-corrected chi connectivity index (χ4v) is 2.98. The summed E-state index contributed by atoms with van der Waals surface area (Å²) >= 11 is 0. The van der Waals surface area contributed by atoms with E-state index in [0.717, 1.165) is 12.8 Å². The lowest BCUT2D eigenvalue weighted by Gasteiger charge is -2.35. The van der Waals surface area contributed by atoms with E-state index in [1.807, 2.05) is 12.1 Å². The minimum atomic E-state index is 0.324. The summed E-state index contributed by atoms with van der Waals surface area (Å²) in [6.45, 7) is 0. The van der Waals surface area contributed by atoms with E-state index in [-0.39, 0.29) is 0 Å². The van der Waals surface area contributed by atoms with Crippen LogP contribution in [0.2, 0.25) is 0 Å². The first-order chi connectivity index (χ1) is 7.83. The zero-order valence-corrected chi connectivity index (χ0v) is 9.54. The molecule has 0 spiro atoms. The van der Waals surface area contributed by atoms with Gasteiger partial charge >= 0.3 is 0 Å². The van der Waals surface area contributed by atoms with Crippen LogP contribution >= 0.6 is 0 Å². The molecule has 0 aromatic carbocycles. The zero-order valence-electron chi connectivity index (χ0n) is 9.54. The molecule has 1 aromatic rings. The summed E-state index contributed by atoms with van der Waals surface area (Å²) in [7, 11) is 2.24. The van der Waals surface area contributed by atoms with Crippen LogP contribution in [-0.2, 0) is 0 Å². The predicted molar refractivity (Wildman–Crippen MR) is 60.3 cm³/mol. The molecule has 0 saturated carbocycles. The van der Waals surface area contributed by atoms with Crippen LogP contribution in [0.15, 0.2) is 18.3 Å². The van der Waals surface area contributed by atoms with E-state index >= 15 is 0 Å². The molecule has 2 bridgehead atoms. The highest BCUT2D eigenvalue weighted by Gasteiger charge is 2.39. The van der Waals surface area contributed by atoms with Crippen molar-refractivity contribution in [2.75, 3.05) is 7.05 Å². The van der Waals surface area contributed by atoms with E-state index in [0.29, 0.717) is 24.1 Å². The van der Waals surface area contributed by atoms with Crippen molar-refractivity contribution >= 4 is 0 Å². The van der Waals surface area contributed by atoms with Crippen LogP contribution in [0, 0.1) is 0 Å². The molecule has 2 fully saturated rings. The van der Waals surface area contributed by atoms with Crippen LogP contribution in [0.5, 0.6) is 5.88 Å². The fraction of sp³-hybridized carbons (Fsp3) is 0.667. The quantitative estimate of drug-likeness (QED) is 0.755. The molecule has 2 aliphatic heterocycles. The van der Waals surface area contributed by atoms with Crippen LogP contribution in [0.4, 0.5) is 0 Å². The van der Waals surface area contributed by atoms with E-state index in [1.165, 1.54) is 12.8 Å². The Morgan fingerprint density at radius 3 is 2.69 bits per heavy atom. The summed E-state index contributed by atoms with van der Waals surface area (Å²) in [5.74, 6) is 0.663. The fourth-order valence-electron chi connectivity index (χ4n) is 2.98. The first-order valence-electron chi connectivity index (χ1n) is 5.99. The molecule has 4 nitrogen and oxygen atoms in total. The second kappa shape index (κ2) is 4.01. The van der Waals surface area contributed by atoms with Crippen LogP contribution in [0.25, 0.3) is 0 Å². The van der Waals surface area contributed by atoms with Gasteiger partial charge in [-0.25, -0.2) is 0 Å². The van der Waals surface area contributed by atoms with Crippen molar-refractivity contribution < 1.29 is 4.74 Å². The van der Waals surface area contributed by atoms with Gasteiger partial charge in [-0.15, -0.1) is 5.10 Å². The molecule has 2 aliphatic rings. The molecular formula is C12H17N3O. The van der Waals surface area contributed by atoms with Gasteiger partial charge in [0.2, 0.25) is 5.88 Å². The first-order valence-corrected chi connectivity index (χ1v) is 5.99. The summed E-state index contributed by atoms with van der Waals surface area (Å²) in [4.78, 5) is 2.51. The summed E-state index contributed by atoms with van der Waals surface area (Å²) in [5, 5.41) is 7.81. The minimum Gasteiger partial charge on any atom is -0.473 e. The standard InChI is InChI=1S/C12H17N3O/c1-15-9-4-5-10(15)8-11(7-9)16-12-3-2-6-13-14-12/h2-3,6,9-11H,4-5,7-8H2,1H3/t9-,10+,11+. The highest BCUT2D eigenvalue weighted by molar-refractivity contribution is 5.07. The summed E-state index contributed by atoms with van der Waals surface area (Å²) in [5.41, 5.74) is 0. The average Bonchev–Trinajstić information content (AvgIpc) is 2.54. The van der Waals surface area contributed by atoms with Gasteiger partial charge in [0.05, 0.1) is 0 Å². The van der Waals surface area contributed by atoms with Gasteiger partial charge in [0, 0.05) is 24.3 Å². The Kier molecular flexibility index (Phi) is 2.52. The lowest BCUT2D eigenvalue weighted by molar-refractivity contribution is 0.0626. The molecule has 4 heteroatoms. The van der Waals surface area contributed by atoms with Crippen molar-refractivity contribution in [2.24, 2.45) is 0 Å². The molecule has 1 aromatic heterocycles. The Hall–Kier alpha value is -1.16. The molecule has 0 N–H and O–H groups in total. The lowest BCUT2D eigenvalue weighted by atomic mass is 10.0.